The van der Waals surface area contributed by atoms with Gasteiger partial charge in [0.2, 0.25) is 11.8 Å². The van der Waals surface area contributed by atoms with E-state index < -0.39 is 0 Å². The van der Waals surface area contributed by atoms with Gasteiger partial charge in [-0.3, -0.25) is 9.59 Å². The largest absolute Gasteiger partial charge is 0.396 e. The van der Waals surface area contributed by atoms with Gasteiger partial charge in [-0.2, -0.15) is 0 Å². The Bertz CT molecular complexity index is 358. The van der Waals surface area contributed by atoms with Crippen molar-refractivity contribution in [2.45, 2.75) is 38.5 Å². The summed E-state index contributed by atoms with van der Waals surface area (Å²) in [5.41, 5.74) is 5.35. The standard InChI is InChI=1S/C18H37N3O6/c19-7-2-11-25-13-15-27-16-14-26-12-4-9-21-18(24)6-1-5-17(23)20-8-3-10-22/h22H,1-16,19H2,(H,20,23)(H,21,24). The molecule has 0 saturated carbocycles. The Morgan fingerprint density at radius 3 is 1.70 bits per heavy atom. The average molecular weight is 392 g/mol. The van der Waals surface area contributed by atoms with Crippen molar-refractivity contribution in [2.75, 3.05) is 65.9 Å². The van der Waals surface area contributed by atoms with Crippen molar-refractivity contribution < 1.29 is 28.9 Å². The molecule has 9 nitrogen and oxygen atoms in total. The molecule has 0 radical (unpaired) electrons. The van der Waals surface area contributed by atoms with Crippen LogP contribution >= 0.6 is 0 Å². The number of nitrogens with two attached hydrogens (primary N) is 1. The van der Waals surface area contributed by atoms with Gasteiger partial charge in [0.1, 0.15) is 0 Å². The first-order chi connectivity index (χ1) is 13.2. The second kappa shape index (κ2) is 21.0. The zero-order valence-electron chi connectivity index (χ0n) is 16.4. The van der Waals surface area contributed by atoms with Crippen molar-refractivity contribution in [3.63, 3.8) is 0 Å². The Kier molecular flexibility index (Phi) is 20.1. The minimum absolute atomic E-state index is 0.0591. The summed E-state index contributed by atoms with van der Waals surface area (Å²) in [6.07, 6.45) is 3.30. The lowest BCUT2D eigenvalue weighted by atomic mass is 10.2. The molecule has 0 rings (SSSR count). The molecule has 0 aromatic rings. The van der Waals surface area contributed by atoms with E-state index >= 15 is 0 Å². The molecule has 0 aliphatic heterocycles. The molecule has 0 atom stereocenters. The molecule has 0 aliphatic rings. The number of amides is 2. The lowest BCUT2D eigenvalue weighted by molar-refractivity contribution is -0.122. The summed E-state index contributed by atoms with van der Waals surface area (Å²) in [7, 11) is 0. The van der Waals surface area contributed by atoms with Gasteiger partial charge < -0.3 is 35.7 Å². The Balaban J connectivity index is 3.24. The summed E-state index contributed by atoms with van der Waals surface area (Å²) in [6, 6.07) is 0. The van der Waals surface area contributed by atoms with Gasteiger partial charge in [-0.1, -0.05) is 0 Å². The van der Waals surface area contributed by atoms with Crippen molar-refractivity contribution in [1.82, 2.24) is 10.6 Å². The molecule has 9 heteroatoms. The molecule has 0 spiro atoms. The molecule has 2 amide bonds. The van der Waals surface area contributed by atoms with Crippen molar-refractivity contribution in [1.29, 1.82) is 0 Å². The number of carbonyl (C=O) groups is 2. The van der Waals surface area contributed by atoms with Gasteiger partial charge in [0.25, 0.3) is 0 Å². The first-order valence-corrected chi connectivity index (χ1v) is 9.78. The van der Waals surface area contributed by atoms with Gasteiger partial charge in [0, 0.05) is 45.8 Å². The normalized spacial score (nSPS) is 10.7. The molecular formula is C18H37N3O6. The lowest BCUT2D eigenvalue weighted by Gasteiger charge is -2.08. The van der Waals surface area contributed by atoms with Gasteiger partial charge in [0.15, 0.2) is 0 Å². The van der Waals surface area contributed by atoms with E-state index in [-0.39, 0.29) is 18.4 Å². The molecule has 0 saturated heterocycles. The number of carbonyl (C=O) groups excluding carboxylic acids is 2. The summed E-state index contributed by atoms with van der Waals surface area (Å²) < 4.78 is 16.1. The molecule has 5 N–H and O–H groups in total. The third kappa shape index (κ3) is 20.9. The Labute approximate surface area is 162 Å². The molecule has 0 heterocycles. The minimum atomic E-state index is -0.0889. The number of aliphatic hydroxyl groups is 1. The van der Waals surface area contributed by atoms with Crippen LogP contribution in [0.3, 0.4) is 0 Å². The highest BCUT2D eigenvalue weighted by molar-refractivity contribution is 5.78. The lowest BCUT2D eigenvalue weighted by Crippen LogP contribution is -2.27. The van der Waals surface area contributed by atoms with Gasteiger partial charge in [-0.25, -0.2) is 0 Å². The van der Waals surface area contributed by atoms with Crippen LogP contribution in [0.4, 0.5) is 0 Å². The SMILES string of the molecule is NCCCOCCOCCOCCCNC(=O)CCCC(=O)NCCCO. The van der Waals surface area contributed by atoms with E-state index in [2.05, 4.69) is 10.6 Å². The van der Waals surface area contributed by atoms with Crippen molar-refractivity contribution >= 4 is 11.8 Å². The number of hydrogen-bond donors (Lipinski definition) is 4. The van der Waals surface area contributed by atoms with Crippen LogP contribution in [0.1, 0.15) is 38.5 Å². The summed E-state index contributed by atoms with van der Waals surface area (Å²) in [5, 5.41) is 14.1. The van der Waals surface area contributed by atoms with Crippen LogP contribution in [-0.2, 0) is 23.8 Å². The second-order valence-corrected chi connectivity index (χ2v) is 5.96. The first kappa shape index (κ1) is 25.7. The molecule has 27 heavy (non-hydrogen) atoms. The van der Waals surface area contributed by atoms with Crippen LogP contribution in [0.15, 0.2) is 0 Å². The monoisotopic (exact) mass is 391 g/mol. The van der Waals surface area contributed by atoms with Gasteiger partial charge >= 0.3 is 0 Å². The third-order valence-electron chi connectivity index (χ3n) is 3.49. The van der Waals surface area contributed by atoms with E-state index in [4.69, 9.17) is 25.1 Å². The van der Waals surface area contributed by atoms with Crippen molar-refractivity contribution in [3.8, 4) is 0 Å². The van der Waals surface area contributed by atoms with E-state index in [0.717, 1.165) is 12.8 Å². The maximum Gasteiger partial charge on any atom is 0.220 e. The number of hydrogen-bond acceptors (Lipinski definition) is 7. The maximum absolute atomic E-state index is 11.6. The molecule has 0 aromatic heterocycles. The smallest absolute Gasteiger partial charge is 0.220 e. The Morgan fingerprint density at radius 1 is 0.704 bits per heavy atom. The zero-order chi connectivity index (χ0) is 20.0. The summed E-state index contributed by atoms with van der Waals surface area (Å²) in [5.74, 6) is -0.148. The molecule has 0 unspecified atom stereocenters. The van der Waals surface area contributed by atoms with Crippen molar-refractivity contribution in [2.24, 2.45) is 5.73 Å². The number of rotatable bonds is 20. The first-order valence-electron chi connectivity index (χ1n) is 9.78. The summed E-state index contributed by atoms with van der Waals surface area (Å²) in [4.78, 5) is 23.1. The molecule has 0 aliphatic carbocycles. The predicted octanol–water partition coefficient (Wildman–Crippen LogP) is -0.440. The van der Waals surface area contributed by atoms with E-state index in [9.17, 15) is 9.59 Å². The van der Waals surface area contributed by atoms with Gasteiger partial charge in [0.05, 0.1) is 26.4 Å². The van der Waals surface area contributed by atoms with Crippen LogP contribution in [0.25, 0.3) is 0 Å². The fourth-order valence-corrected chi connectivity index (χ4v) is 2.02. The topological polar surface area (TPSA) is 132 Å². The van der Waals surface area contributed by atoms with E-state index in [0.29, 0.717) is 85.0 Å². The number of nitrogens with one attached hydrogen (secondary N) is 2. The van der Waals surface area contributed by atoms with Gasteiger partial charge in [-0.15, -0.1) is 0 Å². The van der Waals surface area contributed by atoms with Crippen LogP contribution in [0.2, 0.25) is 0 Å². The Morgan fingerprint density at radius 2 is 1.19 bits per heavy atom. The van der Waals surface area contributed by atoms with Crippen LogP contribution in [-0.4, -0.2) is 82.8 Å². The molecular weight excluding hydrogens is 354 g/mol. The second-order valence-electron chi connectivity index (χ2n) is 5.96. The number of ether oxygens (including phenoxy) is 3. The molecule has 0 aromatic carbocycles. The quantitative estimate of drug-likeness (QED) is 0.207. The maximum atomic E-state index is 11.6. The predicted molar refractivity (Wildman–Crippen MR) is 102 cm³/mol. The van der Waals surface area contributed by atoms with E-state index in [1.54, 1.807) is 0 Å². The highest BCUT2D eigenvalue weighted by Crippen LogP contribution is 1.95. The van der Waals surface area contributed by atoms with E-state index in [1.807, 2.05) is 0 Å². The molecule has 0 bridgehead atoms. The average Bonchev–Trinajstić information content (AvgIpc) is 2.65. The van der Waals surface area contributed by atoms with Crippen molar-refractivity contribution in [3.05, 3.63) is 0 Å². The highest BCUT2D eigenvalue weighted by atomic mass is 16.5. The van der Waals surface area contributed by atoms with Crippen LogP contribution in [0.5, 0.6) is 0 Å². The van der Waals surface area contributed by atoms with Crippen LogP contribution in [0, 0.1) is 0 Å². The highest BCUT2D eigenvalue weighted by Gasteiger charge is 2.04. The summed E-state index contributed by atoms with van der Waals surface area (Å²) >= 11 is 0. The molecule has 0 fully saturated rings. The van der Waals surface area contributed by atoms with Gasteiger partial charge in [-0.05, 0) is 32.2 Å². The zero-order valence-corrected chi connectivity index (χ0v) is 16.4. The third-order valence-corrected chi connectivity index (χ3v) is 3.49. The van der Waals surface area contributed by atoms with Crippen LogP contribution < -0.4 is 16.4 Å². The fourth-order valence-electron chi connectivity index (χ4n) is 2.02. The molecule has 160 valence electrons. The minimum Gasteiger partial charge on any atom is -0.396 e. The number of aliphatic hydroxyl groups excluding tert-OH is 1. The Hall–Kier alpha value is -1.26. The summed E-state index contributed by atoms with van der Waals surface area (Å²) in [6.45, 7) is 5.09. The van der Waals surface area contributed by atoms with E-state index in [1.165, 1.54) is 0 Å². The fraction of sp³-hybridized carbons (Fsp3) is 0.889.